The van der Waals surface area contributed by atoms with E-state index in [-0.39, 0.29) is 55.5 Å². The fraction of sp³-hybridized carbons (Fsp3) is 0.448. The lowest BCUT2D eigenvalue weighted by Gasteiger charge is -2.25. The first kappa shape index (κ1) is 30.4. The quantitative estimate of drug-likeness (QED) is 0.374. The zero-order valence-electron chi connectivity index (χ0n) is 23.3. The number of benzene rings is 2. The Hall–Kier alpha value is -4.12. The average molecular weight is 554 g/mol. The van der Waals surface area contributed by atoms with E-state index in [0.29, 0.717) is 12.3 Å². The van der Waals surface area contributed by atoms with Crippen LogP contribution in [0.25, 0.3) is 0 Å². The molecular weight excluding hydrogens is 514 g/mol. The number of carbonyl (C=O) groups is 4. The third-order valence-corrected chi connectivity index (χ3v) is 6.56. The Labute approximate surface area is 234 Å². The summed E-state index contributed by atoms with van der Waals surface area (Å²) in [7, 11) is 5.50. The predicted molar refractivity (Wildman–Crippen MR) is 150 cm³/mol. The summed E-state index contributed by atoms with van der Waals surface area (Å²) in [4.78, 5) is 56.1. The van der Waals surface area contributed by atoms with Gasteiger partial charge in [-0.1, -0.05) is 24.3 Å². The Kier molecular flexibility index (Phi) is 11.3. The van der Waals surface area contributed by atoms with E-state index in [9.17, 15) is 24.3 Å². The van der Waals surface area contributed by atoms with Gasteiger partial charge in [0.15, 0.2) is 0 Å². The van der Waals surface area contributed by atoms with Crippen molar-refractivity contribution in [3.8, 4) is 11.5 Å². The summed E-state index contributed by atoms with van der Waals surface area (Å²) in [6, 6.07) is 11.3. The van der Waals surface area contributed by atoms with Gasteiger partial charge >= 0.3 is 0 Å². The number of nitrogens with one attached hydrogen (secondary N) is 3. The molecule has 0 saturated carbocycles. The van der Waals surface area contributed by atoms with Crippen molar-refractivity contribution in [3.05, 3.63) is 59.7 Å². The summed E-state index contributed by atoms with van der Waals surface area (Å²) in [6.07, 6.45) is 0.893. The molecule has 2 aromatic carbocycles. The number of carbonyl (C=O) groups excluding carboxylic acids is 4. The summed E-state index contributed by atoms with van der Waals surface area (Å²) in [5.41, 5.74) is 1.02. The maximum absolute atomic E-state index is 13.3. The molecule has 2 aromatic rings. The van der Waals surface area contributed by atoms with E-state index in [1.807, 2.05) is 19.0 Å². The van der Waals surface area contributed by atoms with E-state index in [1.54, 1.807) is 43.4 Å². The van der Waals surface area contributed by atoms with E-state index < -0.39 is 23.9 Å². The van der Waals surface area contributed by atoms with Crippen molar-refractivity contribution in [2.45, 2.75) is 37.8 Å². The number of hydrogen-bond donors (Lipinski definition) is 4. The summed E-state index contributed by atoms with van der Waals surface area (Å²) in [6.45, 7) is 1.54. The molecule has 0 saturated heterocycles. The molecule has 4 N–H and O–H groups in total. The molecule has 0 unspecified atom stereocenters. The highest BCUT2D eigenvalue weighted by Gasteiger charge is 2.28. The highest BCUT2D eigenvalue weighted by atomic mass is 16.5. The minimum atomic E-state index is -0.968. The van der Waals surface area contributed by atoms with Crippen LogP contribution in [0.1, 0.15) is 35.2 Å². The fourth-order valence-electron chi connectivity index (χ4n) is 4.29. The van der Waals surface area contributed by atoms with Gasteiger partial charge in [-0.15, -0.1) is 0 Å². The van der Waals surface area contributed by atoms with Gasteiger partial charge in [-0.05, 0) is 63.3 Å². The van der Waals surface area contributed by atoms with Crippen molar-refractivity contribution >= 4 is 23.6 Å². The first-order valence-corrected chi connectivity index (χ1v) is 13.4. The number of hydrogen-bond acceptors (Lipinski definition) is 7. The molecule has 40 heavy (non-hydrogen) atoms. The Morgan fingerprint density at radius 1 is 1.10 bits per heavy atom. The number of fused-ring (bicyclic) bond motifs is 1. The summed E-state index contributed by atoms with van der Waals surface area (Å²) < 4.78 is 5.86. The number of phenols is 1. The summed E-state index contributed by atoms with van der Waals surface area (Å²) in [5.74, 6) is -1.18. The number of para-hydroxylation sites is 1. The molecule has 0 aromatic heterocycles. The molecular formula is C29H39N5O6. The van der Waals surface area contributed by atoms with Crippen LogP contribution >= 0.6 is 0 Å². The zero-order valence-corrected chi connectivity index (χ0v) is 23.3. The second-order valence-electron chi connectivity index (χ2n) is 10.1. The number of amides is 4. The molecule has 1 heterocycles. The molecule has 1 aliphatic rings. The van der Waals surface area contributed by atoms with Crippen LogP contribution in [-0.4, -0.2) is 98.0 Å². The van der Waals surface area contributed by atoms with Crippen molar-refractivity contribution in [2.24, 2.45) is 0 Å². The van der Waals surface area contributed by atoms with Gasteiger partial charge in [0, 0.05) is 26.4 Å². The van der Waals surface area contributed by atoms with Crippen LogP contribution in [0, 0.1) is 0 Å². The summed E-state index contributed by atoms with van der Waals surface area (Å²) in [5, 5.41) is 18.0. The molecule has 0 spiro atoms. The molecule has 0 bridgehead atoms. The van der Waals surface area contributed by atoms with Gasteiger partial charge in [0.2, 0.25) is 17.7 Å². The highest BCUT2D eigenvalue weighted by Crippen LogP contribution is 2.19. The Bertz CT molecular complexity index is 1170. The van der Waals surface area contributed by atoms with Gasteiger partial charge in [0.1, 0.15) is 30.2 Å². The first-order chi connectivity index (χ1) is 19.1. The topological polar surface area (TPSA) is 140 Å². The Morgan fingerprint density at radius 2 is 1.82 bits per heavy atom. The number of nitrogens with zero attached hydrogens (tertiary/aromatic N) is 2. The van der Waals surface area contributed by atoms with E-state index in [2.05, 4.69) is 16.0 Å². The lowest BCUT2D eigenvalue weighted by atomic mass is 10.0. The largest absolute Gasteiger partial charge is 0.508 e. The van der Waals surface area contributed by atoms with Gasteiger partial charge in [-0.3, -0.25) is 19.2 Å². The van der Waals surface area contributed by atoms with Crippen LogP contribution in [0.4, 0.5) is 0 Å². The number of phenolic OH excluding ortho intramolecular Hbond substituents is 1. The van der Waals surface area contributed by atoms with E-state index in [1.165, 1.54) is 17.0 Å². The Morgan fingerprint density at radius 3 is 2.55 bits per heavy atom. The minimum absolute atomic E-state index is 0.0378. The van der Waals surface area contributed by atoms with Crippen molar-refractivity contribution in [1.29, 1.82) is 0 Å². The van der Waals surface area contributed by atoms with Gasteiger partial charge in [0.05, 0.1) is 12.1 Å². The van der Waals surface area contributed by atoms with Gasteiger partial charge in [-0.2, -0.15) is 0 Å². The Balaban J connectivity index is 1.82. The molecule has 0 radical (unpaired) electrons. The SMILES string of the molecule is CN(C)CCCNC(=O)[C@@H]1CCC(=O)N[C@@H](Cc2ccc(O)cc2)C(=O)N(C)CCOc2ccccc2C(=O)N1. The van der Waals surface area contributed by atoms with Gasteiger partial charge in [-0.25, -0.2) is 0 Å². The zero-order chi connectivity index (χ0) is 29.1. The first-order valence-electron chi connectivity index (χ1n) is 13.4. The van der Waals surface area contributed by atoms with Gasteiger partial charge < -0.3 is 35.6 Å². The minimum Gasteiger partial charge on any atom is -0.508 e. The molecule has 4 amide bonds. The number of rotatable bonds is 7. The van der Waals surface area contributed by atoms with Crippen molar-refractivity contribution in [2.75, 3.05) is 47.4 Å². The molecule has 0 fully saturated rings. The molecule has 0 aliphatic carbocycles. The second-order valence-corrected chi connectivity index (χ2v) is 10.1. The standard InChI is InChI=1S/C29H39N5O6/c1-33(2)16-6-15-30-28(38)23-13-14-26(36)31-24(19-20-9-11-21(35)12-10-20)29(39)34(3)17-18-40-25-8-5-4-7-22(25)27(37)32-23/h4-5,7-12,23-24,35H,6,13-19H2,1-3H3,(H,30,38)(H,31,36)(H,32,37)/t23-,24-/m0/s1. The smallest absolute Gasteiger partial charge is 0.255 e. The van der Waals surface area contributed by atoms with Crippen molar-refractivity contribution in [3.63, 3.8) is 0 Å². The van der Waals surface area contributed by atoms with Crippen LogP contribution in [0.2, 0.25) is 0 Å². The van der Waals surface area contributed by atoms with Crippen LogP contribution in [0.3, 0.4) is 0 Å². The third kappa shape index (κ3) is 9.26. The maximum Gasteiger partial charge on any atom is 0.255 e. The predicted octanol–water partition coefficient (Wildman–Crippen LogP) is 0.917. The van der Waals surface area contributed by atoms with Crippen LogP contribution in [-0.2, 0) is 20.8 Å². The van der Waals surface area contributed by atoms with Crippen LogP contribution < -0.4 is 20.7 Å². The summed E-state index contributed by atoms with van der Waals surface area (Å²) >= 11 is 0. The normalized spacial score (nSPS) is 19.0. The molecule has 11 heteroatoms. The molecule has 11 nitrogen and oxygen atoms in total. The van der Waals surface area contributed by atoms with E-state index >= 15 is 0 Å². The average Bonchev–Trinajstić information content (AvgIpc) is 2.93. The van der Waals surface area contributed by atoms with Crippen LogP contribution in [0.15, 0.2) is 48.5 Å². The molecule has 2 atom stereocenters. The third-order valence-electron chi connectivity index (χ3n) is 6.56. The fourth-order valence-corrected chi connectivity index (χ4v) is 4.29. The molecule has 216 valence electrons. The lowest BCUT2D eigenvalue weighted by molar-refractivity contribution is -0.135. The van der Waals surface area contributed by atoms with Crippen molar-refractivity contribution in [1.82, 2.24) is 25.8 Å². The van der Waals surface area contributed by atoms with Crippen LogP contribution in [0.5, 0.6) is 11.5 Å². The monoisotopic (exact) mass is 553 g/mol. The highest BCUT2D eigenvalue weighted by molar-refractivity contribution is 5.99. The maximum atomic E-state index is 13.3. The number of likely N-dealkylation sites (N-methyl/N-ethyl adjacent to an activating group) is 1. The molecule has 3 rings (SSSR count). The number of aromatic hydroxyl groups is 1. The molecule has 1 aliphatic heterocycles. The van der Waals surface area contributed by atoms with E-state index in [4.69, 9.17) is 4.74 Å². The van der Waals surface area contributed by atoms with Crippen molar-refractivity contribution < 1.29 is 29.0 Å². The van der Waals surface area contributed by atoms with Gasteiger partial charge in [0.25, 0.3) is 5.91 Å². The van der Waals surface area contributed by atoms with E-state index in [0.717, 1.165) is 18.5 Å². The lowest BCUT2D eigenvalue weighted by Crippen LogP contribution is -2.50. The number of ether oxygens (including phenoxy) is 1. The second kappa shape index (κ2) is 14.9.